The highest BCUT2D eigenvalue weighted by Crippen LogP contribution is 2.32. The lowest BCUT2D eigenvalue weighted by molar-refractivity contribution is -0.177. The normalized spacial score (nSPS) is 10.5. The Bertz CT molecular complexity index is 934. The van der Waals surface area contributed by atoms with Crippen LogP contribution in [-0.4, -0.2) is 38.1 Å². The molecule has 0 spiro atoms. The SMILES string of the molecule is C=C(CC(C(=O)OC)(C(=O)OC)C(=O)Oc1ccccc1)C(=O)OCc1ccccc1. The van der Waals surface area contributed by atoms with E-state index in [2.05, 4.69) is 16.1 Å². The highest BCUT2D eigenvalue weighted by molar-refractivity contribution is 6.19. The first-order valence-electron chi connectivity index (χ1n) is 9.18. The van der Waals surface area contributed by atoms with Crippen LogP contribution < -0.4 is 4.74 Å². The van der Waals surface area contributed by atoms with Gasteiger partial charge < -0.3 is 18.9 Å². The molecule has 0 fully saturated rings. The first kappa shape index (κ1) is 23.3. The third kappa shape index (κ3) is 5.57. The Morgan fingerprint density at radius 3 is 1.84 bits per heavy atom. The molecule has 0 amide bonds. The van der Waals surface area contributed by atoms with Gasteiger partial charge in [-0.05, 0) is 17.7 Å². The molecule has 8 heteroatoms. The maximum Gasteiger partial charge on any atom is 0.340 e. The Morgan fingerprint density at radius 2 is 1.32 bits per heavy atom. The number of hydrogen-bond donors (Lipinski definition) is 0. The lowest BCUT2D eigenvalue weighted by Gasteiger charge is -2.26. The van der Waals surface area contributed by atoms with Crippen molar-refractivity contribution in [3.63, 3.8) is 0 Å². The van der Waals surface area contributed by atoms with Crippen LogP contribution in [0.3, 0.4) is 0 Å². The third-order valence-electron chi connectivity index (χ3n) is 4.35. The van der Waals surface area contributed by atoms with E-state index in [0.29, 0.717) is 0 Å². The largest absolute Gasteiger partial charge is 0.468 e. The Kier molecular flexibility index (Phi) is 8.08. The second kappa shape index (κ2) is 10.7. The van der Waals surface area contributed by atoms with Gasteiger partial charge in [-0.2, -0.15) is 0 Å². The minimum atomic E-state index is -2.60. The molecule has 162 valence electrons. The van der Waals surface area contributed by atoms with Gasteiger partial charge in [0.15, 0.2) is 0 Å². The molecule has 0 bridgehead atoms. The molecule has 0 saturated carbocycles. The van der Waals surface area contributed by atoms with Crippen LogP contribution in [0, 0.1) is 5.41 Å². The van der Waals surface area contributed by atoms with Crippen LogP contribution in [0.25, 0.3) is 0 Å². The summed E-state index contributed by atoms with van der Waals surface area (Å²) in [7, 11) is 1.98. The highest BCUT2D eigenvalue weighted by atomic mass is 16.6. The number of esters is 4. The molecule has 0 saturated heterocycles. The van der Waals surface area contributed by atoms with Crippen LogP contribution >= 0.6 is 0 Å². The molecule has 0 N–H and O–H groups in total. The van der Waals surface area contributed by atoms with Crippen LogP contribution in [0.1, 0.15) is 12.0 Å². The van der Waals surface area contributed by atoms with Crippen LogP contribution in [0.2, 0.25) is 0 Å². The summed E-state index contributed by atoms with van der Waals surface area (Å²) in [6.45, 7) is 3.52. The van der Waals surface area contributed by atoms with Crippen molar-refractivity contribution >= 4 is 23.9 Å². The van der Waals surface area contributed by atoms with Gasteiger partial charge in [-0.15, -0.1) is 0 Å². The molecule has 8 nitrogen and oxygen atoms in total. The minimum Gasteiger partial charge on any atom is -0.468 e. The molecule has 2 aromatic rings. The quantitative estimate of drug-likeness (QED) is 0.198. The first-order chi connectivity index (χ1) is 14.8. The van der Waals surface area contributed by atoms with Gasteiger partial charge >= 0.3 is 23.9 Å². The number of methoxy groups -OCH3 is 2. The van der Waals surface area contributed by atoms with Crippen LogP contribution in [-0.2, 0) is 40.0 Å². The second-order valence-electron chi connectivity index (χ2n) is 6.43. The van der Waals surface area contributed by atoms with Gasteiger partial charge in [0, 0.05) is 12.0 Å². The van der Waals surface area contributed by atoms with Crippen molar-refractivity contribution in [3.05, 3.63) is 78.4 Å². The zero-order valence-corrected chi connectivity index (χ0v) is 17.2. The fraction of sp³-hybridized carbons (Fsp3) is 0.217. The van der Waals surface area contributed by atoms with Crippen LogP contribution in [0.15, 0.2) is 72.8 Å². The summed E-state index contributed by atoms with van der Waals surface area (Å²) in [5.41, 5.74) is -2.18. The summed E-state index contributed by atoms with van der Waals surface area (Å²) in [6, 6.07) is 16.7. The summed E-state index contributed by atoms with van der Waals surface area (Å²) in [6.07, 6.45) is -0.744. The predicted molar refractivity (Wildman–Crippen MR) is 109 cm³/mol. The topological polar surface area (TPSA) is 105 Å². The molecule has 0 aromatic heterocycles. The highest BCUT2D eigenvalue weighted by Gasteiger charge is 2.58. The number of hydrogen-bond acceptors (Lipinski definition) is 8. The third-order valence-corrected chi connectivity index (χ3v) is 4.35. The molecule has 0 atom stereocenters. The summed E-state index contributed by atoms with van der Waals surface area (Å²) >= 11 is 0. The fourth-order valence-electron chi connectivity index (χ4n) is 2.72. The van der Waals surface area contributed by atoms with E-state index in [1.54, 1.807) is 42.5 Å². The minimum absolute atomic E-state index is 0.0589. The van der Waals surface area contributed by atoms with Gasteiger partial charge in [0.1, 0.15) is 12.4 Å². The molecule has 0 heterocycles. The standard InChI is InChI=1S/C23H22O8/c1-16(19(24)30-15-17-10-6-4-7-11-17)14-23(20(25)28-2,21(26)29-3)22(27)31-18-12-8-5-9-13-18/h4-13H,1,14-15H2,2-3H3. The maximum absolute atomic E-state index is 13.0. The Balaban J connectivity index is 2.27. The van der Waals surface area contributed by atoms with Gasteiger partial charge in [-0.25, -0.2) is 9.59 Å². The Morgan fingerprint density at radius 1 is 0.806 bits per heavy atom. The predicted octanol–water partition coefficient (Wildman–Crippen LogP) is 2.61. The molecular formula is C23H22O8. The summed E-state index contributed by atoms with van der Waals surface area (Å²) in [5.74, 6) is -4.58. The zero-order valence-electron chi connectivity index (χ0n) is 17.2. The molecular weight excluding hydrogens is 404 g/mol. The number of carbonyl (C=O) groups excluding carboxylic acids is 4. The molecule has 2 rings (SSSR count). The number of para-hydroxylation sites is 1. The van der Waals surface area contributed by atoms with Crippen LogP contribution in [0.5, 0.6) is 5.75 Å². The lowest BCUT2D eigenvalue weighted by atomic mass is 9.81. The number of carbonyl (C=O) groups is 4. The van der Waals surface area contributed by atoms with Gasteiger partial charge in [0.25, 0.3) is 5.41 Å². The molecule has 0 aliphatic heterocycles. The molecule has 2 aromatic carbocycles. The van der Waals surface area contributed by atoms with E-state index in [9.17, 15) is 19.2 Å². The van der Waals surface area contributed by atoms with E-state index in [1.165, 1.54) is 12.1 Å². The summed E-state index contributed by atoms with van der Waals surface area (Å²) in [4.78, 5) is 50.5. The fourth-order valence-corrected chi connectivity index (χ4v) is 2.72. The smallest absolute Gasteiger partial charge is 0.340 e. The van der Waals surface area contributed by atoms with Gasteiger partial charge in [-0.3, -0.25) is 9.59 Å². The average molecular weight is 426 g/mol. The van der Waals surface area contributed by atoms with E-state index in [1.807, 2.05) is 6.07 Å². The van der Waals surface area contributed by atoms with E-state index in [0.717, 1.165) is 19.8 Å². The van der Waals surface area contributed by atoms with Crippen molar-refractivity contribution in [2.24, 2.45) is 5.41 Å². The van der Waals surface area contributed by atoms with Crippen molar-refractivity contribution in [1.82, 2.24) is 0 Å². The Hall–Kier alpha value is -3.94. The first-order valence-corrected chi connectivity index (χ1v) is 9.18. The number of rotatable bonds is 9. The molecule has 0 unspecified atom stereocenters. The van der Waals surface area contributed by atoms with Crippen molar-refractivity contribution in [2.75, 3.05) is 14.2 Å². The van der Waals surface area contributed by atoms with E-state index < -0.39 is 35.7 Å². The zero-order chi connectivity index (χ0) is 22.9. The Labute approximate surface area is 179 Å². The van der Waals surface area contributed by atoms with Crippen molar-refractivity contribution in [3.8, 4) is 5.75 Å². The van der Waals surface area contributed by atoms with Crippen molar-refractivity contribution < 1.29 is 38.1 Å². The number of ether oxygens (including phenoxy) is 4. The molecule has 0 radical (unpaired) electrons. The molecule has 0 aliphatic rings. The van der Waals surface area contributed by atoms with E-state index >= 15 is 0 Å². The lowest BCUT2D eigenvalue weighted by Crippen LogP contribution is -2.50. The van der Waals surface area contributed by atoms with Crippen molar-refractivity contribution in [1.29, 1.82) is 0 Å². The monoisotopic (exact) mass is 426 g/mol. The van der Waals surface area contributed by atoms with E-state index in [-0.39, 0.29) is 17.9 Å². The van der Waals surface area contributed by atoms with Gasteiger partial charge in [0.05, 0.1) is 14.2 Å². The average Bonchev–Trinajstić information content (AvgIpc) is 2.80. The maximum atomic E-state index is 13.0. The van der Waals surface area contributed by atoms with Crippen LogP contribution in [0.4, 0.5) is 0 Å². The van der Waals surface area contributed by atoms with Gasteiger partial charge in [-0.1, -0.05) is 55.1 Å². The summed E-state index contributed by atoms with van der Waals surface area (Å²) < 4.78 is 19.7. The van der Waals surface area contributed by atoms with Gasteiger partial charge in [0.2, 0.25) is 0 Å². The second-order valence-corrected chi connectivity index (χ2v) is 6.43. The summed E-state index contributed by atoms with van der Waals surface area (Å²) in [5, 5.41) is 0. The van der Waals surface area contributed by atoms with Crippen molar-refractivity contribution in [2.45, 2.75) is 13.0 Å². The van der Waals surface area contributed by atoms with E-state index in [4.69, 9.17) is 9.47 Å². The molecule has 31 heavy (non-hydrogen) atoms. The number of benzene rings is 2. The molecule has 0 aliphatic carbocycles.